The molecule has 1 fully saturated rings. The van der Waals surface area contributed by atoms with Crippen molar-refractivity contribution in [3.05, 3.63) is 94.0 Å². The van der Waals surface area contributed by atoms with Crippen molar-refractivity contribution >= 4 is 46.9 Å². The molecule has 1 saturated heterocycles. The number of urea groups is 1. The van der Waals surface area contributed by atoms with E-state index in [1.807, 2.05) is 0 Å². The molecule has 0 radical (unpaired) electrons. The zero-order chi connectivity index (χ0) is 27.2. The summed E-state index contributed by atoms with van der Waals surface area (Å²) in [4.78, 5) is 60.9. The first-order valence-electron chi connectivity index (χ1n) is 11.1. The summed E-state index contributed by atoms with van der Waals surface area (Å²) in [5, 5.41) is 15.6. The Kier molecular flexibility index (Phi) is 7.43. The minimum Gasteiger partial charge on any atom is -0.495 e. The van der Waals surface area contributed by atoms with Crippen LogP contribution in [0.15, 0.2) is 78.4 Å². The van der Waals surface area contributed by atoms with Crippen LogP contribution in [-0.2, 0) is 14.4 Å². The van der Waals surface area contributed by atoms with E-state index in [0.717, 1.165) is 17.0 Å². The minimum absolute atomic E-state index is 0.0617. The van der Waals surface area contributed by atoms with Crippen LogP contribution in [0.2, 0.25) is 0 Å². The van der Waals surface area contributed by atoms with E-state index in [1.54, 1.807) is 48.5 Å². The van der Waals surface area contributed by atoms with Crippen LogP contribution in [0.4, 0.5) is 21.9 Å². The van der Waals surface area contributed by atoms with Gasteiger partial charge in [0.15, 0.2) is 6.61 Å². The van der Waals surface area contributed by atoms with Gasteiger partial charge in [-0.25, -0.2) is 9.69 Å². The Morgan fingerprint density at radius 3 is 2.37 bits per heavy atom. The van der Waals surface area contributed by atoms with E-state index < -0.39 is 28.7 Å². The highest BCUT2D eigenvalue weighted by atomic mass is 16.6. The molecular formula is C26H20N4O8. The predicted octanol–water partition coefficient (Wildman–Crippen LogP) is 3.29. The number of nitrogens with one attached hydrogen (secondary N) is 2. The van der Waals surface area contributed by atoms with Gasteiger partial charge >= 0.3 is 6.03 Å². The number of nitrogens with zero attached hydrogens (tertiary/aromatic N) is 2. The monoisotopic (exact) mass is 516 g/mol. The lowest BCUT2D eigenvalue weighted by atomic mass is 10.1. The third-order valence-electron chi connectivity index (χ3n) is 5.36. The second-order valence-corrected chi connectivity index (χ2v) is 7.84. The lowest BCUT2D eigenvalue weighted by Gasteiger charge is -2.26. The zero-order valence-electron chi connectivity index (χ0n) is 19.9. The molecule has 12 nitrogen and oxygen atoms in total. The maximum absolute atomic E-state index is 13.0. The second kappa shape index (κ2) is 11.0. The highest BCUT2D eigenvalue weighted by Crippen LogP contribution is 2.25. The molecule has 3 aromatic rings. The number of hydrogen-bond donors (Lipinski definition) is 2. The van der Waals surface area contributed by atoms with E-state index in [-0.39, 0.29) is 23.6 Å². The van der Waals surface area contributed by atoms with Crippen molar-refractivity contribution in [2.24, 2.45) is 0 Å². The van der Waals surface area contributed by atoms with Gasteiger partial charge in [0, 0.05) is 12.1 Å². The topological polar surface area (TPSA) is 157 Å². The fourth-order valence-corrected chi connectivity index (χ4v) is 3.53. The van der Waals surface area contributed by atoms with Crippen molar-refractivity contribution in [2.45, 2.75) is 0 Å². The van der Waals surface area contributed by atoms with E-state index in [0.29, 0.717) is 22.7 Å². The summed E-state index contributed by atoms with van der Waals surface area (Å²) >= 11 is 0. The molecule has 1 heterocycles. The summed E-state index contributed by atoms with van der Waals surface area (Å²) in [5.41, 5.74) is 0.485. The van der Waals surface area contributed by atoms with Crippen LogP contribution in [0.1, 0.15) is 5.56 Å². The molecule has 0 bridgehead atoms. The summed E-state index contributed by atoms with van der Waals surface area (Å²) in [7, 11) is 1.49. The lowest BCUT2D eigenvalue weighted by Crippen LogP contribution is -2.54. The molecule has 0 aromatic heterocycles. The molecule has 4 rings (SSSR count). The maximum Gasteiger partial charge on any atom is 0.335 e. The van der Waals surface area contributed by atoms with E-state index >= 15 is 0 Å². The Hall–Kier alpha value is -5.52. The summed E-state index contributed by atoms with van der Waals surface area (Å²) in [6.07, 6.45) is 1.29. The van der Waals surface area contributed by atoms with Gasteiger partial charge in [-0.15, -0.1) is 0 Å². The number of nitro benzene ring substituents is 1. The number of carbonyl (C=O) groups excluding carboxylic acids is 4. The molecule has 1 aliphatic heterocycles. The molecule has 3 aromatic carbocycles. The number of carbonyl (C=O) groups is 4. The van der Waals surface area contributed by atoms with Crippen molar-refractivity contribution in [1.82, 2.24) is 5.32 Å². The van der Waals surface area contributed by atoms with Gasteiger partial charge in [-0.1, -0.05) is 24.3 Å². The van der Waals surface area contributed by atoms with Crippen LogP contribution in [-0.4, -0.2) is 42.4 Å². The Balaban J connectivity index is 1.43. The van der Waals surface area contributed by atoms with Gasteiger partial charge in [0.2, 0.25) is 0 Å². The van der Waals surface area contributed by atoms with E-state index in [4.69, 9.17) is 9.47 Å². The highest BCUT2D eigenvalue weighted by molar-refractivity contribution is 6.39. The average molecular weight is 516 g/mol. The van der Waals surface area contributed by atoms with Crippen molar-refractivity contribution in [1.29, 1.82) is 0 Å². The number of nitro groups is 1. The number of anilines is 2. The van der Waals surface area contributed by atoms with Crippen LogP contribution in [0.25, 0.3) is 6.08 Å². The summed E-state index contributed by atoms with van der Waals surface area (Å²) < 4.78 is 10.7. The van der Waals surface area contributed by atoms with E-state index in [2.05, 4.69) is 10.6 Å². The number of benzene rings is 3. The molecule has 38 heavy (non-hydrogen) atoms. The van der Waals surface area contributed by atoms with Crippen LogP contribution < -0.4 is 25.0 Å². The van der Waals surface area contributed by atoms with Crippen molar-refractivity contribution in [3.8, 4) is 11.5 Å². The second-order valence-electron chi connectivity index (χ2n) is 7.84. The number of imide groups is 2. The number of amides is 5. The van der Waals surface area contributed by atoms with Gasteiger partial charge in [0.1, 0.15) is 17.1 Å². The molecule has 0 spiro atoms. The van der Waals surface area contributed by atoms with Crippen molar-refractivity contribution < 1.29 is 33.6 Å². The molecule has 0 atom stereocenters. The first kappa shape index (κ1) is 25.6. The zero-order valence-corrected chi connectivity index (χ0v) is 19.9. The molecule has 0 unspecified atom stereocenters. The Labute approximate surface area is 215 Å². The predicted molar refractivity (Wildman–Crippen MR) is 136 cm³/mol. The van der Waals surface area contributed by atoms with Gasteiger partial charge in [-0.05, 0) is 48.0 Å². The molecule has 1 aliphatic rings. The average Bonchev–Trinajstić information content (AvgIpc) is 2.91. The molecule has 5 amide bonds. The van der Waals surface area contributed by atoms with Crippen LogP contribution in [0, 0.1) is 10.1 Å². The number of para-hydroxylation sites is 2. The van der Waals surface area contributed by atoms with Crippen LogP contribution >= 0.6 is 0 Å². The summed E-state index contributed by atoms with van der Waals surface area (Å²) in [6.45, 7) is -0.272. The van der Waals surface area contributed by atoms with Gasteiger partial charge < -0.3 is 14.8 Å². The highest BCUT2D eigenvalue weighted by Gasteiger charge is 2.37. The molecule has 2 N–H and O–H groups in total. The SMILES string of the molecule is COc1ccccc1NC(=O)COc1ccc(/C=C2/C(=O)NC(=O)N(c3ccc([N+](=O)[O-])cc3)C2=O)cc1. The normalized spacial score (nSPS) is 14.2. The first-order chi connectivity index (χ1) is 18.3. The van der Waals surface area contributed by atoms with Gasteiger partial charge in [0.05, 0.1) is 23.4 Å². The number of rotatable bonds is 8. The fraction of sp³-hybridized carbons (Fsp3) is 0.0769. The minimum atomic E-state index is -0.971. The van der Waals surface area contributed by atoms with Crippen molar-refractivity contribution in [2.75, 3.05) is 23.9 Å². The third-order valence-corrected chi connectivity index (χ3v) is 5.36. The number of ether oxygens (including phenoxy) is 2. The fourth-order valence-electron chi connectivity index (χ4n) is 3.53. The van der Waals surface area contributed by atoms with Gasteiger partial charge in [-0.3, -0.25) is 29.8 Å². The molecule has 192 valence electrons. The first-order valence-corrected chi connectivity index (χ1v) is 11.1. The Morgan fingerprint density at radius 1 is 1.03 bits per heavy atom. The van der Waals surface area contributed by atoms with Gasteiger partial charge in [-0.2, -0.15) is 0 Å². The lowest BCUT2D eigenvalue weighted by molar-refractivity contribution is -0.384. The van der Waals surface area contributed by atoms with Crippen LogP contribution in [0.5, 0.6) is 11.5 Å². The molecular weight excluding hydrogens is 496 g/mol. The molecule has 0 aliphatic carbocycles. The standard InChI is InChI=1S/C26H20N4O8/c1-37-22-5-3-2-4-21(22)27-23(31)15-38-19-12-6-16(7-13-19)14-20-24(32)28-26(34)29(25(20)33)17-8-10-18(11-9-17)30(35)36/h2-14H,15H2,1H3,(H,27,31)(H,28,32,34)/b20-14-. The van der Waals surface area contributed by atoms with Crippen LogP contribution in [0.3, 0.4) is 0 Å². The summed E-state index contributed by atoms with van der Waals surface area (Å²) in [5.74, 6) is -1.30. The largest absolute Gasteiger partial charge is 0.495 e. The molecule has 0 saturated carbocycles. The van der Waals surface area contributed by atoms with Gasteiger partial charge in [0.25, 0.3) is 23.4 Å². The Morgan fingerprint density at radius 2 is 1.71 bits per heavy atom. The number of hydrogen-bond acceptors (Lipinski definition) is 8. The quantitative estimate of drug-likeness (QED) is 0.200. The summed E-state index contributed by atoms with van der Waals surface area (Å²) in [6, 6.07) is 16.9. The van der Waals surface area contributed by atoms with Crippen molar-refractivity contribution in [3.63, 3.8) is 0 Å². The Bertz CT molecular complexity index is 1450. The van der Waals surface area contributed by atoms with E-state index in [1.165, 1.54) is 25.3 Å². The smallest absolute Gasteiger partial charge is 0.335 e. The molecule has 12 heteroatoms. The number of methoxy groups -OCH3 is 1. The number of non-ortho nitro benzene ring substituents is 1. The third kappa shape index (κ3) is 5.65. The maximum atomic E-state index is 13.0. The number of barbiturate groups is 1. The van der Waals surface area contributed by atoms with E-state index in [9.17, 15) is 29.3 Å².